The molecule has 0 saturated heterocycles. The molecule has 1 aliphatic carbocycles. The van der Waals surface area contributed by atoms with E-state index in [1.54, 1.807) is 0 Å². The van der Waals surface area contributed by atoms with Gasteiger partial charge in [0.15, 0.2) is 8.07 Å². The highest BCUT2D eigenvalue weighted by Gasteiger charge is 2.54. The fourth-order valence-electron chi connectivity index (χ4n) is 7.94. The summed E-state index contributed by atoms with van der Waals surface area (Å²) in [4.78, 5) is 13.9. The van der Waals surface area contributed by atoms with Crippen LogP contribution in [0.5, 0.6) is 0 Å². The van der Waals surface area contributed by atoms with Gasteiger partial charge in [-0.3, -0.25) is 0 Å². The van der Waals surface area contributed by atoms with Crippen LogP contribution in [0.1, 0.15) is 27.7 Å². The molecule has 248 valence electrons. The van der Waals surface area contributed by atoms with Crippen molar-refractivity contribution in [3.8, 4) is 0 Å². The molecule has 0 N–H and O–H groups in total. The van der Waals surface area contributed by atoms with Crippen LogP contribution >= 0.6 is 0 Å². The van der Waals surface area contributed by atoms with Crippen LogP contribution in [0.25, 0.3) is 0 Å². The Morgan fingerprint density at radius 2 is 0.652 bits per heavy atom. The number of nitrogens with zero attached hydrogens (tertiary/aromatic N) is 6. The summed E-state index contributed by atoms with van der Waals surface area (Å²) < 4.78 is 0. The first-order valence-electron chi connectivity index (χ1n) is 16.3. The Morgan fingerprint density at radius 1 is 0.391 bits per heavy atom. The Morgan fingerprint density at radius 3 is 0.870 bits per heavy atom. The van der Waals surface area contributed by atoms with Gasteiger partial charge in [-0.15, -0.1) is 0 Å². The fourth-order valence-corrected chi connectivity index (χ4v) is 14.7. The third kappa shape index (κ3) is 5.46. The van der Waals surface area contributed by atoms with E-state index in [2.05, 4.69) is 196 Å². The summed E-state index contributed by atoms with van der Waals surface area (Å²) in [6, 6.07) is 21.1. The van der Waals surface area contributed by atoms with Gasteiger partial charge >= 0.3 is 0 Å². The van der Waals surface area contributed by atoms with Gasteiger partial charge in [0, 0.05) is 90.1 Å². The Hall–Kier alpha value is -3.84. The van der Waals surface area contributed by atoms with E-state index in [4.69, 9.17) is 0 Å². The predicted molar refractivity (Wildman–Crippen MR) is 210 cm³/mol. The van der Waals surface area contributed by atoms with Crippen molar-refractivity contribution in [1.82, 2.24) is 0 Å². The quantitative estimate of drug-likeness (QED) is 0.211. The summed E-state index contributed by atoms with van der Waals surface area (Å²) in [6.45, 7) is 9.48. The van der Waals surface area contributed by atoms with Gasteiger partial charge in [-0.2, -0.15) is 0 Å². The first-order valence-corrected chi connectivity index (χ1v) is 18.4. The van der Waals surface area contributed by atoms with Crippen LogP contribution in [0.3, 0.4) is 0 Å². The van der Waals surface area contributed by atoms with Crippen molar-refractivity contribution in [1.29, 1.82) is 0 Å². The number of allylic oxidation sites excluding steroid dienone is 4. The Labute approximate surface area is 281 Å². The topological polar surface area (TPSA) is 19.4 Å². The van der Waals surface area contributed by atoms with Gasteiger partial charge in [-0.25, -0.2) is 0 Å². The van der Waals surface area contributed by atoms with Gasteiger partial charge in [0.2, 0.25) is 0 Å². The summed E-state index contributed by atoms with van der Waals surface area (Å²) in [6.07, 6.45) is 0. The first-order chi connectivity index (χ1) is 21.5. The molecule has 46 heavy (non-hydrogen) atoms. The summed E-state index contributed by atoms with van der Waals surface area (Å²) >= 11 is 0. The number of rotatable bonds is 10. The van der Waals surface area contributed by atoms with E-state index in [1.807, 2.05) is 0 Å². The van der Waals surface area contributed by atoms with Crippen LogP contribution in [-0.2, 0) is 0 Å². The molecule has 3 aromatic carbocycles. The molecule has 0 unspecified atom stereocenters. The number of para-hydroxylation sites is 3. The zero-order valence-corrected chi connectivity index (χ0v) is 32.5. The summed E-state index contributed by atoms with van der Waals surface area (Å²) in [7, 11) is 23.3. The molecule has 0 heterocycles. The Kier molecular flexibility index (Phi) is 9.98. The zero-order valence-electron chi connectivity index (χ0n) is 31.5. The summed E-state index contributed by atoms with van der Waals surface area (Å²) in [5.41, 5.74) is 13.6. The lowest BCUT2D eigenvalue weighted by Gasteiger charge is -2.46. The molecule has 0 amide bonds. The van der Waals surface area contributed by atoms with E-state index in [-0.39, 0.29) is 5.54 Å². The minimum Gasteiger partial charge on any atom is -0.376 e. The van der Waals surface area contributed by atoms with Crippen LogP contribution in [0, 0.1) is 0 Å². The third-order valence-corrected chi connectivity index (χ3v) is 15.6. The molecular weight excluding hydrogens is 581 g/mol. The Bertz CT molecular complexity index is 1480. The van der Waals surface area contributed by atoms with Crippen molar-refractivity contribution in [2.75, 3.05) is 114 Å². The minimum atomic E-state index is -3.08. The molecule has 6 nitrogen and oxygen atoms in total. The standard InChI is InChI=1S/C39H58N6Si/c1-26-27(2)29(4)39(28(26)3)46(33-23-17-20-30(40(5)6)36(33)43(11)12,34-24-18-21-31(41(7)8)37(34)44(13)14)35-25-19-22-32(42(9)10)38(35)45(15)16/h17-25,39H,1-16H3. The Balaban J connectivity index is 2.51. The van der Waals surface area contributed by atoms with Gasteiger partial charge in [0.25, 0.3) is 0 Å². The lowest BCUT2D eigenvalue weighted by atomic mass is 10.1. The van der Waals surface area contributed by atoms with E-state index in [0.717, 1.165) is 0 Å². The van der Waals surface area contributed by atoms with Crippen LogP contribution < -0.4 is 45.0 Å². The average molecular weight is 639 g/mol. The minimum absolute atomic E-state index is 0.218. The lowest BCUT2D eigenvalue weighted by Crippen LogP contribution is -2.72. The van der Waals surface area contributed by atoms with Crippen LogP contribution in [0.4, 0.5) is 34.1 Å². The van der Waals surface area contributed by atoms with Crippen molar-refractivity contribution in [2.24, 2.45) is 0 Å². The van der Waals surface area contributed by atoms with Crippen molar-refractivity contribution in [3.63, 3.8) is 0 Å². The van der Waals surface area contributed by atoms with Crippen LogP contribution in [0.15, 0.2) is 76.9 Å². The van der Waals surface area contributed by atoms with Crippen molar-refractivity contribution in [2.45, 2.75) is 33.2 Å². The summed E-state index contributed by atoms with van der Waals surface area (Å²) in [5.74, 6) is 0. The van der Waals surface area contributed by atoms with Gasteiger partial charge in [-0.05, 0) is 72.6 Å². The monoisotopic (exact) mass is 638 g/mol. The molecule has 0 saturated carbocycles. The smallest absolute Gasteiger partial charge is 0.167 e. The van der Waals surface area contributed by atoms with Gasteiger partial charge in [0.05, 0.1) is 34.1 Å². The molecule has 0 atom stereocenters. The third-order valence-electron chi connectivity index (χ3n) is 10.2. The molecule has 4 rings (SSSR count). The molecule has 0 bridgehead atoms. The maximum atomic E-state index is 2.46. The van der Waals surface area contributed by atoms with Crippen LogP contribution in [-0.4, -0.2) is 92.6 Å². The fraction of sp³-hybridized carbons (Fsp3) is 0.436. The van der Waals surface area contributed by atoms with Gasteiger partial charge in [-0.1, -0.05) is 47.5 Å². The second kappa shape index (κ2) is 13.1. The van der Waals surface area contributed by atoms with E-state index in [1.165, 1.54) is 72.0 Å². The average Bonchev–Trinajstić information content (AvgIpc) is 3.19. The van der Waals surface area contributed by atoms with Crippen LogP contribution in [0.2, 0.25) is 5.54 Å². The molecule has 0 spiro atoms. The predicted octanol–water partition coefficient (Wildman–Crippen LogP) is 5.61. The lowest BCUT2D eigenvalue weighted by molar-refractivity contribution is 1.06. The first kappa shape index (κ1) is 35.0. The molecule has 7 heteroatoms. The molecular formula is C39H58N6Si. The highest BCUT2D eigenvalue weighted by molar-refractivity contribution is 7.15. The second-order valence-corrected chi connectivity index (χ2v) is 18.1. The highest BCUT2D eigenvalue weighted by Crippen LogP contribution is 2.50. The molecule has 3 aromatic rings. The normalized spacial score (nSPS) is 13.8. The second-order valence-electron chi connectivity index (χ2n) is 14.2. The number of hydrogen-bond donors (Lipinski definition) is 0. The van der Waals surface area contributed by atoms with Gasteiger partial charge < -0.3 is 29.4 Å². The molecule has 0 aromatic heterocycles. The van der Waals surface area contributed by atoms with Crippen molar-refractivity contribution >= 4 is 57.8 Å². The van der Waals surface area contributed by atoms with Gasteiger partial charge in [0.1, 0.15) is 0 Å². The van der Waals surface area contributed by atoms with Crippen molar-refractivity contribution < 1.29 is 0 Å². The maximum absolute atomic E-state index is 3.08. The molecule has 1 aliphatic rings. The molecule has 0 aliphatic heterocycles. The maximum Gasteiger partial charge on any atom is 0.167 e. The number of hydrogen-bond acceptors (Lipinski definition) is 6. The number of anilines is 6. The van der Waals surface area contributed by atoms with E-state index in [0.29, 0.717) is 0 Å². The number of benzene rings is 3. The van der Waals surface area contributed by atoms with E-state index in [9.17, 15) is 0 Å². The van der Waals surface area contributed by atoms with Crippen molar-refractivity contribution in [3.05, 3.63) is 76.9 Å². The van der Waals surface area contributed by atoms with E-state index >= 15 is 0 Å². The largest absolute Gasteiger partial charge is 0.376 e. The van der Waals surface area contributed by atoms with E-state index < -0.39 is 8.07 Å². The highest BCUT2D eigenvalue weighted by atomic mass is 28.3. The molecule has 0 fully saturated rings. The zero-order chi connectivity index (χ0) is 34.4. The summed E-state index contributed by atoms with van der Waals surface area (Å²) in [5, 5.41) is 4.31. The molecule has 0 radical (unpaired) electrons. The SMILES string of the molecule is CC1=C(C)C([Si](c2cccc(N(C)C)c2N(C)C)(c2cccc(N(C)C)c2N(C)C)c2cccc(N(C)C)c2N(C)C)C(C)=C1C.